The Morgan fingerprint density at radius 1 is 0.919 bits per heavy atom. The molecule has 3 aromatic carbocycles. The molecule has 0 unspecified atom stereocenters. The highest BCUT2D eigenvalue weighted by molar-refractivity contribution is 5.98. The van der Waals surface area contributed by atoms with Gasteiger partial charge in [-0.05, 0) is 29.3 Å². The minimum atomic E-state index is -1.13. The molecule has 0 saturated carbocycles. The molecule has 10 nitrogen and oxygen atoms in total. The molecule has 0 spiro atoms. The largest absolute Gasteiger partial charge is 0.456 e. The molecule has 37 heavy (non-hydrogen) atoms. The molecule has 0 bridgehead atoms. The van der Waals surface area contributed by atoms with Gasteiger partial charge in [-0.1, -0.05) is 48.5 Å². The maximum atomic E-state index is 13.0. The number of nitro groups is 1. The highest BCUT2D eigenvalue weighted by Gasteiger charge is 2.26. The smallest absolute Gasteiger partial charge is 0.408 e. The van der Waals surface area contributed by atoms with Gasteiger partial charge in [-0.15, -0.1) is 0 Å². The van der Waals surface area contributed by atoms with Crippen LogP contribution in [0.25, 0.3) is 10.9 Å². The van der Waals surface area contributed by atoms with Gasteiger partial charge in [-0.25, -0.2) is 9.59 Å². The lowest BCUT2D eigenvalue weighted by Gasteiger charge is -2.17. The number of ketones is 1. The summed E-state index contributed by atoms with van der Waals surface area (Å²) in [5.74, 6) is -1.36. The maximum absolute atomic E-state index is 13.0. The monoisotopic (exact) mass is 501 g/mol. The number of amides is 1. The van der Waals surface area contributed by atoms with E-state index < -0.39 is 35.4 Å². The number of nitro benzene ring substituents is 1. The molecule has 4 rings (SSSR count). The van der Waals surface area contributed by atoms with Gasteiger partial charge in [0, 0.05) is 41.2 Å². The summed E-state index contributed by atoms with van der Waals surface area (Å²) in [6, 6.07) is 20.4. The summed E-state index contributed by atoms with van der Waals surface area (Å²) < 4.78 is 10.5. The predicted octanol–water partition coefficient (Wildman–Crippen LogP) is 4.34. The molecular formula is C27H23N3O7. The Bertz CT molecular complexity index is 1410. The molecule has 1 amide bonds. The fraction of sp³-hybridized carbons (Fsp3) is 0.148. The minimum absolute atomic E-state index is 0.0140. The highest BCUT2D eigenvalue weighted by atomic mass is 16.6. The van der Waals surface area contributed by atoms with Gasteiger partial charge in [0.15, 0.2) is 12.4 Å². The van der Waals surface area contributed by atoms with Crippen LogP contribution in [0.4, 0.5) is 10.5 Å². The molecule has 0 fully saturated rings. The SMILES string of the molecule is O=C(N[C@H](Cc1c[nH]c2ccccc12)C(=O)OCC(=O)c1ccc([N+](=O)[O-])cc1)OCc1ccccc1. The molecular weight excluding hydrogens is 478 g/mol. The quantitative estimate of drug-likeness (QED) is 0.143. The van der Waals surface area contributed by atoms with Crippen LogP contribution in [0, 0.1) is 10.1 Å². The first-order chi connectivity index (χ1) is 17.9. The first-order valence-corrected chi connectivity index (χ1v) is 11.4. The van der Waals surface area contributed by atoms with Gasteiger partial charge in [-0.3, -0.25) is 14.9 Å². The summed E-state index contributed by atoms with van der Waals surface area (Å²) >= 11 is 0. The van der Waals surface area contributed by atoms with Gasteiger partial charge in [0.05, 0.1) is 4.92 Å². The van der Waals surface area contributed by atoms with Crippen LogP contribution in [0.15, 0.2) is 85.1 Å². The van der Waals surface area contributed by atoms with Crippen molar-refractivity contribution in [1.82, 2.24) is 10.3 Å². The van der Waals surface area contributed by atoms with Crippen LogP contribution in [0.1, 0.15) is 21.5 Å². The molecule has 2 N–H and O–H groups in total. The lowest BCUT2D eigenvalue weighted by atomic mass is 10.1. The molecule has 0 radical (unpaired) electrons. The first-order valence-electron chi connectivity index (χ1n) is 11.4. The van der Waals surface area contributed by atoms with Crippen molar-refractivity contribution in [3.05, 3.63) is 112 Å². The number of esters is 1. The zero-order valence-corrected chi connectivity index (χ0v) is 19.6. The number of nitrogens with one attached hydrogen (secondary N) is 2. The van der Waals surface area contributed by atoms with Crippen molar-refractivity contribution in [2.24, 2.45) is 0 Å². The Balaban J connectivity index is 1.43. The summed E-state index contributed by atoms with van der Waals surface area (Å²) in [4.78, 5) is 51.3. The van der Waals surface area contributed by atoms with Gasteiger partial charge >= 0.3 is 12.1 Å². The Labute approximate surface area is 211 Å². The van der Waals surface area contributed by atoms with E-state index in [9.17, 15) is 24.5 Å². The van der Waals surface area contributed by atoms with Crippen molar-refractivity contribution >= 4 is 34.4 Å². The maximum Gasteiger partial charge on any atom is 0.408 e. The van der Waals surface area contributed by atoms with Crippen molar-refractivity contribution in [3.8, 4) is 0 Å². The number of aromatic nitrogens is 1. The number of rotatable bonds is 10. The lowest BCUT2D eigenvalue weighted by molar-refractivity contribution is -0.384. The lowest BCUT2D eigenvalue weighted by Crippen LogP contribution is -2.44. The van der Waals surface area contributed by atoms with Crippen molar-refractivity contribution in [1.29, 1.82) is 0 Å². The molecule has 1 heterocycles. The topological polar surface area (TPSA) is 141 Å². The summed E-state index contributed by atoms with van der Waals surface area (Å²) in [7, 11) is 0. The minimum Gasteiger partial charge on any atom is -0.456 e. The number of Topliss-reactive ketones (excluding diaryl/α,β-unsaturated/α-hetero) is 1. The number of fused-ring (bicyclic) bond motifs is 1. The van der Waals surface area contributed by atoms with E-state index in [1.807, 2.05) is 42.5 Å². The van der Waals surface area contributed by atoms with Gasteiger partial charge in [0.1, 0.15) is 12.6 Å². The van der Waals surface area contributed by atoms with Crippen LogP contribution in [-0.2, 0) is 27.3 Å². The standard InChI is InChI=1S/C27H23N3O7/c31-25(19-10-12-21(13-11-19)30(34)35)17-36-26(32)24(14-20-15-28-23-9-5-4-8-22(20)23)29-27(33)37-16-18-6-2-1-3-7-18/h1-13,15,24,28H,14,16-17H2,(H,29,33)/t24-/m1/s1. The van der Waals surface area contributed by atoms with Crippen LogP contribution >= 0.6 is 0 Å². The third-order valence-corrected chi connectivity index (χ3v) is 5.63. The second-order valence-electron chi connectivity index (χ2n) is 8.16. The number of hydrogen-bond donors (Lipinski definition) is 2. The van der Waals surface area contributed by atoms with E-state index in [-0.39, 0.29) is 24.3 Å². The zero-order chi connectivity index (χ0) is 26.2. The molecule has 1 atom stereocenters. The van der Waals surface area contributed by atoms with Crippen LogP contribution in [0.3, 0.4) is 0 Å². The summed E-state index contributed by atoms with van der Waals surface area (Å²) in [6.45, 7) is -0.581. The van der Waals surface area contributed by atoms with Crippen molar-refractivity contribution in [2.45, 2.75) is 19.1 Å². The molecule has 4 aromatic rings. The summed E-state index contributed by atoms with van der Waals surface area (Å²) in [6.07, 6.45) is 1.02. The second-order valence-corrected chi connectivity index (χ2v) is 8.16. The number of aromatic amines is 1. The van der Waals surface area contributed by atoms with E-state index in [1.165, 1.54) is 24.3 Å². The number of H-pyrrole nitrogens is 1. The number of non-ortho nitro benzene ring substituents is 1. The number of carbonyl (C=O) groups is 3. The van der Waals surface area contributed by atoms with Crippen LogP contribution in [0.5, 0.6) is 0 Å². The predicted molar refractivity (Wildman–Crippen MR) is 134 cm³/mol. The third-order valence-electron chi connectivity index (χ3n) is 5.63. The van der Waals surface area contributed by atoms with Gasteiger partial charge in [0.2, 0.25) is 0 Å². The Kier molecular flexibility index (Phi) is 7.89. The van der Waals surface area contributed by atoms with Gasteiger partial charge < -0.3 is 19.8 Å². The average molecular weight is 501 g/mol. The van der Waals surface area contributed by atoms with E-state index >= 15 is 0 Å². The van der Waals surface area contributed by atoms with E-state index in [0.29, 0.717) is 0 Å². The molecule has 1 aromatic heterocycles. The highest BCUT2D eigenvalue weighted by Crippen LogP contribution is 2.20. The number of carbonyl (C=O) groups excluding carboxylic acids is 3. The average Bonchev–Trinajstić information content (AvgIpc) is 3.33. The second kappa shape index (κ2) is 11.6. The zero-order valence-electron chi connectivity index (χ0n) is 19.6. The van der Waals surface area contributed by atoms with Crippen molar-refractivity contribution in [3.63, 3.8) is 0 Å². The molecule has 0 aliphatic carbocycles. The molecule has 0 aliphatic heterocycles. The van der Waals surface area contributed by atoms with Crippen LogP contribution < -0.4 is 5.32 Å². The Morgan fingerprint density at radius 2 is 1.62 bits per heavy atom. The number of para-hydroxylation sites is 1. The third kappa shape index (κ3) is 6.57. The normalized spacial score (nSPS) is 11.5. The number of alkyl carbamates (subject to hydrolysis) is 1. The molecule has 10 heteroatoms. The molecule has 0 aliphatic rings. The van der Waals surface area contributed by atoms with Crippen molar-refractivity contribution in [2.75, 3.05) is 6.61 Å². The van der Waals surface area contributed by atoms with E-state index in [0.717, 1.165) is 22.0 Å². The summed E-state index contributed by atoms with van der Waals surface area (Å²) in [5.41, 5.74) is 2.40. The van der Waals surface area contributed by atoms with E-state index in [2.05, 4.69) is 10.3 Å². The fourth-order valence-corrected chi connectivity index (χ4v) is 3.71. The van der Waals surface area contributed by atoms with Crippen LogP contribution in [-0.4, -0.2) is 40.4 Å². The van der Waals surface area contributed by atoms with Gasteiger partial charge in [0.25, 0.3) is 5.69 Å². The number of ether oxygens (including phenoxy) is 2. The number of nitrogens with zero attached hydrogens (tertiary/aromatic N) is 1. The Morgan fingerprint density at radius 3 is 2.35 bits per heavy atom. The first kappa shape index (κ1) is 25.1. The van der Waals surface area contributed by atoms with Crippen LogP contribution in [0.2, 0.25) is 0 Å². The van der Waals surface area contributed by atoms with Gasteiger partial charge in [-0.2, -0.15) is 0 Å². The molecule has 0 saturated heterocycles. The summed E-state index contributed by atoms with van der Waals surface area (Å²) in [5, 5.41) is 14.2. The van der Waals surface area contributed by atoms with E-state index in [4.69, 9.17) is 9.47 Å². The van der Waals surface area contributed by atoms with E-state index in [1.54, 1.807) is 18.3 Å². The fourth-order valence-electron chi connectivity index (χ4n) is 3.71. The number of hydrogen-bond acceptors (Lipinski definition) is 7. The Hall–Kier alpha value is -4.99. The number of benzene rings is 3. The molecule has 188 valence electrons. The van der Waals surface area contributed by atoms with Crippen molar-refractivity contribution < 1.29 is 28.8 Å².